The molecule has 0 bridgehead atoms. The Morgan fingerprint density at radius 3 is 2.64 bits per heavy atom. The first kappa shape index (κ1) is 24.8. The normalized spacial score (nSPS) is 19.0. The smallest absolute Gasteiger partial charge is 0.223 e. The Labute approximate surface area is 215 Å². The number of ether oxygens (including phenoxy) is 1. The van der Waals surface area contributed by atoms with Gasteiger partial charge in [-0.1, -0.05) is 24.3 Å². The molecule has 1 unspecified atom stereocenters. The van der Waals surface area contributed by atoms with Crippen molar-refractivity contribution in [3.05, 3.63) is 53.7 Å². The van der Waals surface area contributed by atoms with Crippen molar-refractivity contribution in [2.24, 2.45) is 0 Å². The molecular weight excluding hydrogens is 448 g/mol. The highest BCUT2D eigenvalue weighted by molar-refractivity contribution is 5.82. The van der Waals surface area contributed by atoms with Gasteiger partial charge in [0.25, 0.3) is 0 Å². The van der Waals surface area contributed by atoms with Crippen molar-refractivity contribution in [2.75, 3.05) is 57.6 Å². The van der Waals surface area contributed by atoms with Gasteiger partial charge in [-0.25, -0.2) is 9.97 Å². The summed E-state index contributed by atoms with van der Waals surface area (Å²) in [7, 11) is 5.96. The SMILES string of the molecule is COc1cccc(N(C)C)c1CN1CCC(c2nc(NCCC3CCCN3)nc3ccccc23)CC1. The van der Waals surface area contributed by atoms with E-state index in [9.17, 15) is 0 Å². The van der Waals surface area contributed by atoms with Gasteiger partial charge in [0.05, 0.1) is 18.3 Å². The van der Waals surface area contributed by atoms with E-state index in [4.69, 9.17) is 14.7 Å². The van der Waals surface area contributed by atoms with E-state index in [-0.39, 0.29) is 0 Å². The van der Waals surface area contributed by atoms with Gasteiger partial charge in [0.2, 0.25) is 5.95 Å². The summed E-state index contributed by atoms with van der Waals surface area (Å²) >= 11 is 0. The molecule has 0 aliphatic carbocycles. The number of anilines is 2. The Bertz CT molecular complexity index is 1150. The minimum absolute atomic E-state index is 0.442. The lowest BCUT2D eigenvalue weighted by Crippen LogP contribution is -2.33. The van der Waals surface area contributed by atoms with Crippen LogP contribution in [0.1, 0.15) is 49.3 Å². The number of methoxy groups -OCH3 is 1. The van der Waals surface area contributed by atoms with Crippen LogP contribution in [-0.2, 0) is 6.54 Å². The summed E-state index contributed by atoms with van der Waals surface area (Å²) in [4.78, 5) is 14.6. The van der Waals surface area contributed by atoms with Crippen LogP contribution in [0.3, 0.4) is 0 Å². The van der Waals surface area contributed by atoms with Crippen LogP contribution in [0.2, 0.25) is 0 Å². The molecule has 2 aliphatic heterocycles. The number of hydrogen-bond acceptors (Lipinski definition) is 7. The molecule has 2 aromatic carbocycles. The second-order valence-electron chi connectivity index (χ2n) is 10.4. The molecule has 1 aromatic heterocycles. The summed E-state index contributed by atoms with van der Waals surface area (Å²) in [5.74, 6) is 2.18. The maximum atomic E-state index is 5.71. The number of likely N-dealkylation sites (tertiary alicyclic amines) is 1. The number of para-hydroxylation sites is 1. The van der Waals surface area contributed by atoms with Crippen molar-refractivity contribution in [3.8, 4) is 5.75 Å². The maximum absolute atomic E-state index is 5.71. The van der Waals surface area contributed by atoms with Crippen LogP contribution in [-0.4, -0.2) is 68.3 Å². The minimum atomic E-state index is 0.442. The highest BCUT2D eigenvalue weighted by Crippen LogP contribution is 2.35. The predicted molar refractivity (Wildman–Crippen MR) is 148 cm³/mol. The first-order chi connectivity index (χ1) is 17.6. The first-order valence-electron chi connectivity index (χ1n) is 13.4. The monoisotopic (exact) mass is 488 g/mol. The predicted octanol–water partition coefficient (Wildman–Crippen LogP) is 4.64. The first-order valence-corrected chi connectivity index (χ1v) is 13.4. The number of nitrogens with one attached hydrogen (secondary N) is 2. The number of hydrogen-bond donors (Lipinski definition) is 2. The van der Waals surface area contributed by atoms with Gasteiger partial charge in [0.15, 0.2) is 0 Å². The lowest BCUT2D eigenvalue weighted by molar-refractivity contribution is 0.202. The molecule has 2 saturated heterocycles. The van der Waals surface area contributed by atoms with Gasteiger partial charge >= 0.3 is 0 Å². The van der Waals surface area contributed by atoms with E-state index in [0.717, 1.165) is 69.2 Å². The van der Waals surface area contributed by atoms with E-state index in [1.807, 2.05) is 0 Å². The third-order valence-corrected chi connectivity index (χ3v) is 7.74. The van der Waals surface area contributed by atoms with Gasteiger partial charge in [0.1, 0.15) is 5.75 Å². The Hall–Kier alpha value is -2.90. The molecule has 0 spiro atoms. The molecule has 3 aromatic rings. The van der Waals surface area contributed by atoms with E-state index in [0.29, 0.717) is 12.0 Å². The van der Waals surface area contributed by atoms with E-state index in [1.54, 1.807) is 7.11 Å². The van der Waals surface area contributed by atoms with E-state index in [2.05, 4.69) is 77.0 Å². The lowest BCUT2D eigenvalue weighted by atomic mass is 9.90. The minimum Gasteiger partial charge on any atom is -0.496 e. The van der Waals surface area contributed by atoms with Crippen molar-refractivity contribution in [3.63, 3.8) is 0 Å². The second-order valence-corrected chi connectivity index (χ2v) is 10.4. The highest BCUT2D eigenvalue weighted by atomic mass is 16.5. The molecule has 192 valence electrons. The van der Waals surface area contributed by atoms with Gasteiger partial charge < -0.3 is 20.3 Å². The number of piperidine rings is 1. The lowest BCUT2D eigenvalue weighted by Gasteiger charge is -2.33. The molecule has 36 heavy (non-hydrogen) atoms. The van der Waals surface area contributed by atoms with Crippen LogP contribution in [0, 0.1) is 0 Å². The van der Waals surface area contributed by atoms with Crippen LogP contribution in [0.4, 0.5) is 11.6 Å². The largest absolute Gasteiger partial charge is 0.496 e. The fraction of sp³-hybridized carbons (Fsp3) is 0.517. The molecule has 0 radical (unpaired) electrons. The summed E-state index contributed by atoms with van der Waals surface area (Å²) in [5.41, 5.74) is 4.73. The summed E-state index contributed by atoms with van der Waals surface area (Å²) in [6.45, 7) is 5.04. The average Bonchev–Trinajstić information content (AvgIpc) is 3.42. The Kier molecular flexibility index (Phi) is 7.87. The van der Waals surface area contributed by atoms with Crippen LogP contribution in [0.5, 0.6) is 5.75 Å². The summed E-state index contributed by atoms with van der Waals surface area (Å²) in [6.07, 6.45) is 5.86. The fourth-order valence-electron chi connectivity index (χ4n) is 5.76. The van der Waals surface area contributed by atoms with Crippen LogP contribution >= 0.6 is 0 Å². The van der Waals surface area contributed by atoms with Crippen LogP contribution in [0.25, 0.3) is 10.9 Å². The molecule has 5 rings (SSSR count). The molecule has 2 fully saturated rings. The van der Waals surface area contributed by atoms with Crippen LogP contribution < -0.4 is 20.3 Å². The van der Waals surface area contributed by atoms with Gasteiger partial charge in [0, 0.05) is 55.8 Å². The Balaban J connectivity index is 1.28. The third-order valence-electron chi connectivity index (χ3n) is 7.74. The zero-order chi connectivity index (χ0) is 24.9. The van der Waals surface area contributed by atoms with Gasteiger partial charge in [-0.3, -0.25) is 4.90 Å². The van der Waals surface area contributed by atoms with Gasteiger partial charge in [-0.05, 0) is 69.9 Å². The zero-order valence-electron chi connectivity index (χ0n) is 22.0. The van der Waals surface area contributed by atoms with E-state index in [1.165, 1.54) is 35.2 Å². The molecule has 7 nitrogen and oxygen atoms in total. The van der Waals surface area contributed by atoms with Crippen molar-refractivity contribution < 1.29 is 4.74 Å². The molecule has 2 aliphatic rings. The fourth-order valence-corrected chi connectivity index (χ4v) is 5.76. The molecule has 1 atom stereocenters. The van der Waals surface area contributed by atoms with E-state index < -0.39 is 0 Å². The summed E-state index contributed by atoms with van der Waals surface area (Å²) < 4.78 is 5.71. The third kappa shape index (κ3) is 5.57. The second kappa shape index (κ2) is 11.4. The maximum Gasteiger partial charge on any atom is 0.223 e. The number of fused-ring (bicyclic) bond motifs is 1. The summed E-state index contributed by atoms with van der Waals surface area (Å²) in [5, 5.41) is 8.29. The zero-order valence-corrected chi connectivity index (χ0v) is 22.0. The van der Waals surface area contributed by atoms with Crippen molar-refractivity contribution >= 4 is 22.5 Å². The van der Waals surface area contributed by atoms with Crippen molar-refractivity contribution in [2.45, 2.75) is 50.6 Å². The Morgan fingerprint density at radius 1 is 1.06 bits per heavy atom. The summed E-state index contributed by atoms with van der Waals surface area (Å²) in [6, 6.07) is 15.4. The molecule has 0 amide bonds. The van der Waals surface area contributed by atoms with Crippen molar-refractivity contribution in [1.82, 2.24) is 20.2 Å². The van der Waals surface area contributed by atoms with Crippen LogP contribution in [0.15, 0.2) is 42.5 Å². The number of nitrogens with zero attached hydrogens (tertiary/aromatic N) is 4. The molecule has 3 heterocycles. The van der Waals surface area contributed by atoms with Gasteiger partial charge in [-0.15, -0.1) is 0 Å². The number of aromatic nitrogens is 2. The number of rotatable bonds is 9. The molecule has 0 saturated carbocycles. The topological polar surface area (TPSA) is 65.6 Å². The standard InChI is InChI=1S/C29H40N6O/c1-34(2)26-11-6-12-27(36-3)24(26)20-35-18-14-21(15-19-35)28-23-9-4-5-10-25(23)32-29(33-28)31-17-13-22-8-7-16-30-22/h4-6,9-12,21-22,30H,7-8,13-20H2,1-3H3,(H,31,32,33). The molecule has 2 N–H and O–H groups in total. The molecule has 7 heteroatoms. The average molecular weight is 489 g/mol. The van der Waals surface area contributed by atoms with E-state index >= 15 is 0 Å². The number of benzene rings is 2. The van der Waals surface area contributed by atoms with Gasteiger partial charge in [-0.2, -0.15) is 0 Å². The molecular formula is C29H40N6O. The van der Waals surface area contributed by atoms with Crippen molar-refractivity contribution in [1.29, 1.82) is 0 Å². The quantitative estimate of drug-likeness (QED) is 0.455. The Morgan fingerprint density at radius 2 is 1.89 bits per heavy atom. The highest BCUT2D eigenvalue weighted by Gasteiger charge is 2.26.